The predicted octanol–water partition coefficient (Wildman–Crippen LogP) is 3.12. The summed E-state index contributed by atoms with van der Waals surface area (Å²) in [5, 5.41) is 18.8. The fourth-order valence-corrected chi connectivity index (χ4v) is 2.42. The lowest BCUT2D eigenvalue weighted by molar-refractivity contribution is 0.364. The van der Waals surface area contributed by atoms with Gasteiger partial charge in [-0.05, 0) is 30.5 Å². The van der Waals surface area contributed by atoms with Crippen molar-refractivity contribution < 1.29 is 5.11 Å². The molecule has 0 spiro atoms. The summed E-state index contributed by atoms with van der Waals surface area (Å²) in [5.74, 6) is 0.257. The van der Waals surface area contributed by atoms with Crippen molar-refractivity contribution in [1.29, 1.82) is 5.26 Å². The summed E-state index contributed by atoms with van der Waals surface area (Å²) >= 11 is 0. The second-order valence-electron chi connectivity index (χ2n) is 4.30. The molecule has 0 amide bonds. The van der Waals surface area contributed by atoms with Crippen LogP contribution < -0.4 is 0 Å². The summed E-state index contributed by atoms with van der Waals surface area (Å²) in [6, 6.07) is 9.60. The largest absolute Gasteiger partial charge is 0.508 e. The van der Waals surface area contributed by atoms with E-state index in [-0.39, 0.29) is 11.2 Å². The number of phenols is 1. The topological polar surface area (TPSA) is 44.0 Å². The van der Waals surface area contributed by atoms with Gasteiger partial charge in [-0.1, -0.05) is 31.4 Å². The maximum absolute atomic E-state index is 9.44. The van der Waals surface area contributed by atoms with Gasteiger partial charge in [0.05, 0.1) is 11.5 Å². The molecule has 2 nitrogen and oxygen atoms in total. The van der Waals surface area contributed by atoms with Gasteiger partial charge >= 0.3 is 0 Å². The summed E-state index contributed by atoms with van der Waals surface area (Å²) in [4.78, 5) is 0. The number of hydrogen-bond donors (Lipinski definition) is 1. The van der Waals surface area contributed by atoms with Gasteiger partial charge in [-0.3, -0.25) is 0 Å². The van der Waals surface area contributed by atoms with E-state index in [4.69, 9.17) is 0 Å². The standard InChI is InChI=1S/C13H15NO/c14-10-13(7-2-1-3-8-13)11-5-4-6-12(15)9-11/h4-6,9,15H,1-3,7-8H2. The molecule has 2 rings (SSSR count). The third-order valence-electron chi connectivity index (χ3n) is 3.32. The molecule has 1 saturated carbocycles. The van der Waals surface area contributed by atoms with Crippen LogP contribution in [0.2, 0.25) is 0 Å². The Balaban J connectivity index is 2.37. The molecular formula is C13H15NO. The maximum atomic E-state index is 9.44. The Kier molecular flexibility index (Phi) is 2.64. The summed E-state index contributed by atoms with van der Waals surface area (Å²) in [5.41, 5.74) is 0.626. The van der Waals surface area contributed by atoms with Crippen LogP contribution in [0.15, 0.2) is 24.3 Å². The minimum atomic E-state index is -0.350. The van der Waals surface area contributed by atoms with E-state index in [9.17, 15) is 10.4 Å². The molecule has 0 atom stereocenters. The van der Waals surface area contributed by atoms with Gasteiger partial charge in [0.1, 0.15) is 5.75 Å². The molecule has 78 valence electrons. The van der Waals surface area contributed by atoms with Gasteiger partial charge in [0.15, 0.2) is 0 Å². The third kappa shape index (κ3) is 1.83. The molecular weight excluding hydrogens is 186 g/mol. The summed E-state index contributed by atoms with van der Waals surface area (Å²) in [6.45, 7) is 0. The molecule has 0 saturated heterocycles. The first-order chi connectivity index (χ1) is 7.27. The molecule has 1 aromatic carbocycles. The van der Waals surface area contributed by atoms with Gasteiger partial charge in [0.2, 0.25) is 0 Å². The van der Waals surface area contributed by atoms with E-state index in [1.807, 2.05) is 12.1 Å². The highest BCUT2D eigenvalue weighted by atomic mass is 16.3. The number of aromatic hydroxyl groups is 1. The molecule has 2 heteroatoms. The highest BCUT2D eigenvalue weighted by Gasteiger charge is 2.33. The zero-order chi connectivity index (χ0) is 10.7. The number of rotatable bonds is 1. The van der Waals surface area contributed by atoms with Crippen molar-refractivity contribution in [1.82, 2.24) is 0 Å². The quantitative estimate of drug-likeness (QED) is 0.758. The Morgan fingerprint density at radius 2 is 1.93 bits per heavy atom. The van der Waals surface area contributed by atoms with E-state index < -0.39 is 0 Å². The monoisotopic (exact) mass is 201 g/mol. The minimum Gasteiger partial charge on any atom is -0.508 e. The van der Waals surface area contributed by atoms with Crippen molar-refractivity contribution in [3.63, 3.8) is 0 Å². The van der Waals surface area contributed by atoms with E-state index >= 15 is 0 Å². The van der Waals surface area contributed by atoms with Crippen LogP contribution in [0.5, 0.6) is 5.75 Å². The molecule has 1 N–H and O–H groups in total. The first kappa shape index (κ1) is 10.0. The van der Waals surface area contributed by atoms with Crippen molar-refractivity contribution in [2.75, 3.05) is 0 Å². The lowest BCUT2D eigenvalue weighted by Gasteiger charge is -2.31. The minimum absolute atomic E-state index is 0.257. The summed E-state index contributed by atoms with van der Waals surface area (Å²) < 4.78 is 0. The Labute approximate surface area is 90.2 Å². The summed E-state index contributed by atoms with van der Waals surface area (Å²) in [7, 11) is 0. The van der Waals surface area contributed by atoms with Crippen LogP contribution in [0.4, 0.5) is 0 Å². The molecule has 0 radical (unpaired) electrons. The van der Waals surface area contributed by atoms with Gasteiger partial charge in [-0.25, -0.2) is 0 Å². The van der Waals surface area contributed by atoms with Gasteiger partial charge in [0.25, 0.3) is 0 Å². The fourth-order valence-electron chi connectivity index (χ4n) is 2.42. The molecule has 1 aromatic rings. The summed E-state index contributed by atoms with van der Waals surface area (Å²) in [6.07, 6.45) is 5.30. The van der Waals surface area contributed by atoms with Gasteiger partial charge in [-0.15, -0.1) is 0 Å². The molecule has 0 aromatic heterocycles. The van der Waals surface area contributed by atoms with Crippen molar-refractivity contribution in [3.8, 4) is 11.8 Å². The molecule has 0 heterocycles. The van der Waals surface area contributed by atoms with E-state index in [2.05, 4.69) is 6.07 Å². The first-order valence-corrected chi connectivity index (χ1v) is 5.48. The Bertz CT molecular complexity index is 386. The third-order valence-corrected chi connectivity index (χ3v) is 3.32. The number of hydrogen-bond acceptors (Lipinski definition) is 2. The van der Waals surface area contributed by atoms with Crippen molar-refractivity contribution in [2.24, 2.45) is 0 Å². The van der Waals surface area contributed by atoms with Crippen LogP contribution in [0.3, 0.4) is 0 Å². The zero-order valence-corrected chi connectivity index (χ0v) is 8.74. The highest BCUT2D eigenvalue weighted by Crippen LogP contribution is 2.39. The zero-order valence-electron chi connectivity index (χ0n) is 8.74. The van der Waals surface area contributed by atoms with Crippen LogP contribution in [-0.2, 0) is 5.41 Å². The van der Waals surface area contributed by atoms with Gasteiger partial charge < -0.3 is 5.11 Å². The average Bonchev–Trinajstić information content (AvgIpc) is 2.30. The number of nitriles is 1. The van der Waals surface area contributed by atoms with Crippen LogP contribution in [0.1, 0.15) is 37.7 Å². The smallest absolute Gasteiger partial charge is 0.115 e. The van der Waals surface area contributed by atoms with Crippen LogP contribution in [0.25, 0.3) is 0 Å². The molecule has 0 bridgehead atoms. The number of benzene rings is 1. The SMILES string of the molecule is N#CC1(c2cccc(O)c2)CCCCC1. The Morgan fingerprint density at radius 3 is 2.53 bits per heavy atom. The van der Waals surface area contributed by atoms with Gasteiger partial charge in [-0.2, -0.15) is 5.26 Å². The second-order valence-corrected chi connectivity index (χ2v) is 4.30. The lowest BCUT2D eigenvalue weighted by atomic mass is 9.70. The van der Waals surface area contributed by atoms with Crippen LogP contribution in [0, 0.1) is 11.3 Å². The van der Waals surface area contributed by atoms with E-state index in [0.29, 0.717) is 0 Å². The van der Waals surface area contributed by atoms with Crippen LogP contribution >= 0.6 is 0 Å². The van der Waals surface area contributed by atoms with Gasteiger partial charge in [0, 0.05) is 0 Å². The second kappa shape index (κ2) is 3.94. The van der Waals surface area contributed by atoms with E-state index in [1.54, 1.807) is 12.1 Å². The normalized spacial score (nSPS) is 19.4. The average molecular weight is 201 g/mol. The molecule has 1 aliphatic carbocycles. The molecule has 1 aliphatic rings. The van der Waals surface area contributed by atoms with Crippen molar-refractivity contribution in [3.05, 3.63) is 29.8 Å². The maximum Gasteiger partial charge on any atom is 0.115 e. The Morgan fingerprint density at radius 1 is 1.20 bits per heavy atom. The molecule has 0 unspecified atom stereocenters. The lowest BCUT2D eigenvalue weighted by Crippen LogP contribution is -2.26. The van der Waals surface area contributed by atoms with Crippen molar-refractivity contribution >= 4 is 0 Å². The Hall–Kier alpha value is -1.49. The number of nitrogens with zero attached hydrogens (tertiary/aromatic N) is 1. The number of phenolic OH excluding ortho intramolecular Hbond substituents is 1. The molecule has 0 aliphatic heterocycles. The van der Waals surface area contributed by atoms with Crippen molar-refractivity contribution in [2.45, 2.75) is 37.5 Å². The fraction of sp³-hybridized carbons (Fsp3) is 0.462. The molecule has 1 fully saturated rings. The first-order valence-electron chi connectivity index (χ1n) is 5.48. The molecule has 15 heavy (non-hydrogen) atoms. The van der Waals surface area contributed by atoms with E-state index in [1.165, 1.54) is 6.42 Å². The van der Waals surface area contributed by atoms with E-state index in [0.717, 1.165) is 31.2 Å². The predicted molar refractivity (Wildman–Crippen MR) is 58.5 cm³/mol. The van der Waals surface area contributed by atoms with Crippen LogP contribution in [-0.4, -0.2) is 5.11 Å². The highest BCUT2D eigenvalue weighted by molar-refractivity contribution is 5.37.